The molecule has 1 atom stereocenters. The Labute approximate surface area is 101 Å². The summed E-state index contributed by atoms with van der Waals surface area (Å²) in [5.74, 6) is 0.254. The topological polar surface area (TPSA) is 29.1 Å². The third kappa shape index (κ3) is 2.84. The van der Waals surface area contributed by atoms with Crippen molar-refractivity contribution >= 4 is 5.91 Å². The molecule has 0 heterocycles. The normalized spacial score (nSPS) is 18.2. The lowest BCUT2D eigenvalue weighted by Gasteiger charge is -2.15. The first-order valence-electron chi connectivity index (χ1n) is 6.14. The Bertz CT molecular complexity index is 428. The van der Waals surface area contributed by atoms with Gasteiger partial charge >= 0.3 is 0 Å². The van der Waals surface area contributed by atoms with Crippen molar-refractivity contribution in [3.8, 4) is 0 Å². The SMILES string of the molecule is CC(C)CC(=O)NC1CCc2cc(F)ccc21. The second-order valence-electron chi connectivity index (χ2n) is 5.10. The predicted molar refractivity (Wildman–Crippen MR) is 65.1 cm³/mol. The van der Waals surface area contributed by atoms with Crippen LogP contribution in [-0.4, -0.2) is 5.91 Å². The zero-order valence-corrected chi connectivity index (χ0v) is 10.3. The molecule has 0 aromatic heterocycles. The molecule has 0 fully saturated rings. The summed E-state index contributed by atoms with van der Waals surface area (Å²) in [4.78, 5) is 11.7. The molecule has 2 rings (SSSR count). The molecule has 17 heavy (non-hydrogen) atoms. The van der Waals surface area contributed by atoms with Gasteiger partial charge in [-0.05, 0) is 42.0 Å². The molecule has 1 aromatic carbocycles. The van der Waals surface area contributed by atoms with E-state index >= 15 is 0 Å². The highest BCUT2D eigenvalue weighted by molar-refractivity contribution is 5.76. The molecule has 1 aliphatic rings. The van der Waals surface area contributed by atoms with E-state index in [4.69, 9.17) is 0 Å². The number of aryl methyl sites for hydroxylation is 1. The van der Waals surface area contributed by atoms with Gasteiger partial charge in [-0.15, -0.1) is 0 Å². The van der Waals surface area contributed by atoms with Gasteiger partial charge in [0.15, 0.2) is 0 Å². The zero-order valence-electron chi connectivity index (χ0n) is 10.3. The second-order valence-corrected chi connectivity index (χ2v) is 5.10. The van der Waals surface area contributed by atoms with Crippen LogP contribution >= 0.6 is 0 Å². The summed E-state index contributed by atoms with van der Waals surface area (Å²) in [6.07, 6.45) is 2.27. The minimum atomic E-state index is -0.196. The average Bonchev–Trinajstić information content (AvgIpc) is 2.59. The maximum absolute atomic E-state index is 13.0. The van der Waals surface area contributed by atoms with E-state index in [9.17, 15) is 9.18 Å². The van der Waals surface area contributed by atoms with Crippen LogP contribution in [0.15, 0.2) is 18.2 Å². The number of carbonyl (C=O) groups excluding carboxylic acids is 1. The molecule has 0 saturated carbocycles. The highest BCUT2D eigenvalue weighted by atomic mass is 19.1. The highest BCUT2D eigenvalue weighted by Gasteiger charge is 2.24. The van der Waals surface area contributed by atoms with Crippen molar-refractivity contribution in [2.75, 3.05) is 0 Å². The molecule has 1 unspecified atom stereocenters. The fourth-order valence-corrected chi connectivity index (χ4v) is 2.36. The average molecular weight is 235 g/mol. The Morgan fingerprint density at radius 3 is 3.00 bits per heavy atom. The molecule has 0 aliphatic heterocycles. The summed E-state index contributed by atoms with van der Waals surface area (Å²) in [6.45, 7) is 4.05. The van der Waals surface area contributed by atoms with Crippen LogP contribution in [0.5, 0.6) is 0 Å². The number of amides is 1. The van der Waals surface area contributed by atoms with Gasteiger partial charge in [-0.1, -0.05) is 19.9 Å². The van der Waals surface area contributed by atoms with Crippen molar-refractivity contribution < 1.29 is 9.18 Å². The molecule has 1 aliphatic carbocycles. The van der Waals surface area contributed by atoms with Crippen LogP contribution in [0.2, 0.25) is 0 Å². The molecular formula is C14H18FNO. The number of hydrogen-bond acceptors (Lipinski definition) is 1. The lowest BCUT2D eigenvalue weighted by atomic mass is 10.1. The van der Waals surface area contributed by atoms with E-state index in [1.807, 2.05) is 13.8 Å². The standard InChI is InChI=1S/C14H18FNO/c1-9(2)7-14(17)16-13-6-3-10-8-11(15)4-5-12(10)13/h4-5,8-9,13H,3,6-7H2,1-2H3,(H,16,17). The first kappa shape index (κ1) is 12.1. The number of halogens is 1. The van der Waals surface area contributed by atoms with Crippen LogP contribution in [0.4, 0.5) is 4.39 Å². The largest absolute Gasteiger partial charge is 0.349 e. The van der Waals surface area contributed by atoms with Gasteiger partial charge in [0.25, 0.3) is 0 Å². The quantitative estimate of drug-likeness (QED) is 0.857. The fourth-order valence-electron chi connectivity index (χ4n) is 2.36. The third-order valence-electron chi connectivity index (χ3n) is 3.11. The minimum absolute atomic E-state index is 0.0665. The highest BCUT2D eigenvalue weighted by Crippen LogP contribution is 2.31. The zero-order chi connectivity index (χ0) is 12.4. The molecule has 0 bridgehead atoms. The van der Waals surface area contributed by atoms with E-state index in [1.165, 1.54) is 6.07 Å². The number of rotatable bonds is 3. The van der Waals surface area contributed by atoms with Gasteiger partial charge in [0.1, 0.15) is 5.82 Å². The van der Waals surface area contributed by atoms with E-state index < -0.39 is 0 Å². The van der Waals surface area contributed by atoms with Crippen LogP contribution in [0, 0.1) is 11.7 Å². The Hall–Kier alpha value is -1.38. The molecule has 92 valence electrons. The monoisotopic (exact) mass is 235 g/mol. The van der Waals surface area contributed by atoms with Crippen LogP contribution in [0.3, 0.4) is 0 Å². The van der Waals surface area contributed by atoms with Crippen LogP contribution in [0.25, 0.3) is 0 Å². The van der Waals surface area contributed by atoms with Gasteiger partial charge in [-0.25, -0.2) is 4.39 Å². The van der Waals surface area contributed by atoms with E-state index in [0.717, 1.165) is 24.0 Å². The molecule has 1 aromatic rings. The Morgan fingerprint density at radius 2 is 2.29 bits per heavy atom. The minimum Gasteiger partial charge on any atom is -0.349 e. The van der Waals surface area contributed by atoms with Gasteiger partial charge < -0.3 is 5.32 Å². The smallest absolute Gasteiger partial charge is 0.220 e. The van der Waals surface area contributed by atoms with E-state index in [-0.39, 0.29) is 17.8 Å². The molecule has 0 spiro atoms. The second kappa shape index (κ2) is 4.86. The molecular weight excluding hydrogens is 217 g/mol. The van der Waals surface area contributed by atoms with Crippen molar-refractivity contribution in [2.24, 2.45) is 5.92 Å². The first-order chi connectivity index (χ1) is 8.06. The number of hydrogen-bond donors (Lipinski definition) is 1. The van der Waals surface area contributed by atoms with E-state index in [0.29, 0.717) is 12.3 Å². The molecule has 3 heteroatoms. The van der Waals surface area contributed by atoms with Crippen molar-refractivity contribution in [2.45, 2.75) is 39.2 Å². The number of fused-ring (bicyclic) bond motifs is 1. The molecule has 1 amide bonds. The van der Waals surface area contributed by atoms with Gasteiger partial charge in [0.2, 0.25) is 5.91 Å². The van der Waals surface area contributed by atoms with Crippen molar-refractivity contribution in [3.63, 3.8) is 0 Å². The number of nitrogens with one attached hydrogen (secondary N) is 1. The number of carbonyl (C=O) groups is 1. The first-order valence-corrected chi connectivity index (χ1v) is 6.14. The Morgan fingerprint density at radius 1 is 1.53 bits per heavy atom. The van der Waals surface area contributed by atoms with Crippen LogP contribution in [0.1, 0.15) is 43.9 Å². The van der Waals surface area contributed by atoms with Crippen molar-refractivity contribution in [1.82, 2.24) is 5.32 Å². The van der Waals surface area contributed by atoms with Crippen molar-refractivity contribution in [1.29, 1.82) is 0 Å². The summed E-state index contributed by atoms with van der Waals surface area (Å²) in [6, 6.07) is 4.89. The Kier molecular flexibility index (Phi) is 3.46. The summed E-state index contributed by atoms with van der Waals surface area (Å²) in [5.41, 5.74) is 2.10. The molecule has 0 radical (unpaired) electrons. The molecule has 0 saturated heterocycles. The van der Waals surface area contributed by atoms with E-state index in [2.05, 4.69) is 5.32 Å². The van der Waals surface area contributed by atoms with Crippen molar-refractivity contribution in [3.05, 3.63) is 35.1 Å². The Balaban J connectivity index is 2.05. The summed E-state index contributed by atoms with van der Waals surface area (Å²) >= 11 is 0. The van der Waals surface area contributed by atoms with Gasteiger partial charge in [-0.3, -0.25) is 4.79 Å². The maximum Gasteiger partial charge on any atom is 0.220 e. The molecule has 1 N–H and O–H groups in total. The van der Waals surface area contributed by atoms with Gasteiger partial charge in [0.05, 0.1) is 6.04 Å². The van der Waals surface area contributed by atoms with E-state index in [1.54, 1.807) is 12.1 Å². The predicted octanol–water partition coefficient (Wildman–Crippen LogP) is 2.98. The third-order valence-corrected chi connectivity index (χ3v) is 3.11. The molecule has 2 nitrogen and oxygen atoms in total. The van der Waals surface area contributed by atoms with Crippen LogP contribution < -0.4 is 5.32 Å². The lowest BCUT2D eigenvalue weighted by Crippen LogP contribution is -2.27. The van der Waals surface area contributed by atoms with Crippen LogP contribution in [-0.2, 0) is 11.2 Å². The summed E-state index contributed by atoms with van der Waals surface area (Å²) < 4.78 is 13.0. The summed E-state index contributed by atoms with van der Waals surface area (Å²) in [5, 5.41) is 3.02. The number of benzene rings is 1. The van der Waals surface area contributed by atoms with Gasteiger partial charge in [-0.2, -0.15) is 0 Å². The summed E-state index contributed by atoms with van der Waals surface area (Å²) in [7, 11) is 0. The fraction of sp³-hybridized carbons (Fsp3) is 0.500. The maximum atomic E-state index is 13.0. The van der Waals surface area contributed by atoms with Gasteiger partial charge in [0, 0.05) is 6.42 Å². The lowest BCUT2D eigenvalue weighted by molar-refractivity contribution is -0.122.